The Morgan fingerprint density at radius 1 is 1.21 bits per heavy atom. The van der Waals surface area contributed by atoms with E-state index < -0.39 is 24.1 Å². The van der Waals surface area contributed by atoms with Crippen molar-refractivity contribution in [1.82, 2.24) is 0 Å². The van der Waals surface area contributed by atoms with Crippen LogP contribution in [-0.2, 0) is 14.4 Å². The van der Waals surface area contributed by atoms with Gasteiger partial charge in [-0.3, -0.25) is 4.79 Å². The summed E-state index contributed by atoms with van der Waals surface area (Å²) in [6, 6.07) is 9.45. The van der Waals surface area contributed by atoms with Gasteiger partial charge in [0.25, 0.3) is 0 Å². The Hall–Kier alpha value is -2.63. The van der Waals surface area contributed by atoms with Crippen LogP contribution in [0, 0.1) is 0 Å². The van der Waals surface area contributed by atoms with Crippen LogP contribution in [0.15, 0.2) is 41.6 Å². The lowest BCUT2D eigenvalue weighted by molar-refractivity contribution is -0.137. The second-order valence-electron chi connectivity index (χ2n) is 3.52. The van der Waals surface area contributed by atoms with Crippen molar-refractivity contribution in [2.24, 2.45) is 5.16 Å². The van der Waals surface area contributed by atoms with Crippen LogP contribution in [0.4, 0.5) is 0 Å². The largest absolute Gasteiger partial charge is 0.481 e. The molecule has 2 N–H and O–H groups in total. The molecule has 1 aromatic carbocycles. The summed E-state index contributed by atoms with van der Waals surface area (Å²) in [7, 11) is 0. The molecule has 1 aromatic rings. The normalized spacial score (nSPS) is 11.5. The molecule has 0 atom stereocenters. The van der Waals surface area contributed by atoms with Gasteiger partial charge < -0.3 is 15.1 Å². The lowest BCUT2D eigenvalue weighted by atomic mass is 10.2. The molecule has 0 aliphatic heterocycles. The van der Waals surface area contributed by atoms with Gasteiger partial charge in [-0.05, 0) is 11.6 Å². The molecular formula is C13H13NO5. The summed E-state index contributed by atoms with van der Waals surface area (Å²) in [5.74, 6) is -2.68. The minimum absolute atomic E-state index is 0.0608. The van der Waals surface area contributed by atoms with Gasteiger partial charge in [0.05, 0.1) is 6.42 Å². The number of nitrogens with zero attached hydrogens (tertiary/aromatic N) is 1. The second kappa shape index (κ2) is 7.65. The first kappa shape index (κ1) is 14.4. The fourth-order valence-corrected chi connectivity index (χ4v) is 1.20. The van der Waals surface area contributed by atoms with Gasteiger partial charge in [0.2, 0.25) is 0 Å². The van der Waals surface area contributed by atoms with Gasteiger partial charge in [-0.1, -0.05) is 41.6 Å². The summed E-state index contributed by atoms with van der Waals surface area (Å²) in [5.41, 5.74) is 0.430. The van der Waals surface area contributed by atoms with Gasteiger partial charge in [0.1, 0.15) is 6.61 Å². The standard InChI is InChI=1S/C13H13NO5/c15-12(16)9-11(13(17)18)14-19-8-4-7-10-5-2-1-3-6-10/h1-7H,8-9H2,(H,15,16)(H,17,18). The Morgan fingerprint density at radius 3 is 2.47 bits per heavy atom. The number of carboxylic acid groups (broad SMARTS) is 2. The zero-order valence-electron chi connectivity index (χ0n) is 10.0. The first-order valence-corrected chi connectivity index (χ1v) is 5.45. The van der Waals surface area contributed by atoms with Crippen LogP contribution in [0.1, 0.15) is 12.0 Å². The van der Waals surface area contributed by atoms with Crippen molar-refractivity contribution >= 4 is 23.7 Å². The van der Waals surface area contributed by atoms with Crippen LogP contribution in [-0.4, -0.2) is 34.5 Å². The Bertz CT molecular complexity index is 493. The van der Waals surface area contributed by atoms with E-state index >= 15 is 0 Å². The average Bonchev–Trinajstić information content (AvgIpc) is 2.37. The molecule has 19 heavy (non-hydrogen) atoms. The quantitative estimate of drug-likeness (QED) is 0.443. The van der Waals surface area contributed by atoms with Crippen LogP contribution in [0.3, 0.4) is 0 Å². The van der Waals surface area contributed by atoms with Gasteiger partial charge >= 0.3 is 11.9 Å². The number of carbonyl (C=O) groups is 2. The molecule has 0 amide bonds. The van der Waals surface area contributed by atoms with Crippen LogP contribution in [0.2, 0.25) is 0 Å². The summed E-state index contributed by atoms with van der Waals surface area (Å²) < 4.78 is 0. The SMILES string of the molecule is O=C(O)CC(=NOCC=Cc1ccccc1)C(=O)O. The predicted molar refractivity (Wildman–Crippen MR) is 68.8 cm³/mol. The fourth-order valence-electron chi connectivity index (χ4n) is 1.20. The molecule has 100 valence electrons. The third kappa shape index (κ3) is 6.02. The van der Waals surface area contributed by atoms with Crippen LogP contribution in [0.25, 0.3) is 6.08 Å². The fraction of sp³-hybridized carbons (Fsp3) is 0.154. The summed E-state index contributed by atoms with van der Waals surface area (Å²) in [6.07, 6.45) is 2.75. The zero-order chi connectivity index (χ0) is 14.1. The highest BCUT2D eigenvalue weighted by molar-refractivity contribution is 6.38. The highest BCUT2D eigenvalue weighted by atomic mass is 16.6. The maximum absolute atomic E-state index is 10.6. The predicted octanol–water partition coefficient (Wildman–Crippen LogP) is 1.63. The van der Waals surface area contributed by atoms with Crippen molar-refractivity contribution in [2.45, 2.75) is 6.42 Å². The molecule has 0 saturated carbocycles. The monoisotopic (exact) mass is 263 g/mol. The molecule has 0 fully saturated rings. The third-order valence-corrected chi connectivity index (χ3v) is 2.02. The number of hydrogen-bond donors (Lipinski definition) is 2. The number of rotatable bonds is 7. The van der Waals surface area contributed by atoms with Gasteiger partial charge in [-0.2, -0.15) is 0 Å². The van der Waals surface area contributed by atoms with Crippen LogP contribution < -0.4 is 0 Å². The summed E-state index contributed by atoms with van der Waals surface area (Å²) >= 11 is 0. The maximum atomic E-state index is 10.6. The number of hydrogen-bond acceptors (Lipinski definition) is 4. The van der Waals surface area contributed by atoms with E-state index in [0.29, 0.717) is 0 Å². The summed E-state index contributed by atoms with van der Waals surface area (Å²) in [4.78, 5) is 25.7. The van der Waals surface area contributed by atoms with Crippen molar-refractivity contribution in [3.63, 3.8) is 0 Å². The topological polar surface area (TPSA) is 96.2 Å². The molecule has 0 aliphatic carbocycles. The summed E-state index contributed by atoms with van der Waals surface area (Å²) in [6.45, 7) is 0.0608. The number of benzene rings is 1. The molecule has 0 radical (unpaired) electrons. The number of carboxylic acids is 2. The highest BCUT2D eigenvalue weighted by Crippen LogP contribution is 2.00. The van der Waals surface area contributed by atoms with Crippen molar-refractivity contribution < 1.29 is 24.6 Å². The van der Waals surface area contributed by atoms with Gasteiger partial charge in [0.15, 0.2) is 5.71 Å². The van der Waals surface area contributed by atoms with E-state index in [9.17, 15) is 9.59 Å². The zero-order valence-corrected chi connectivity index (χ0v) is 10.0. The minimum atomic E-state index is -1.41. The molecule has 0 aromatic heterocycles. The lowest BCUT2D eigenvalue weighted by Gasteiger charge is -1.98. The van der Waals surface area contributed by atoms with Gasteiger partial charge in [0, 0.05) is 0 Å². The molecule has 6 nitrogen and oxygen atoms in total. The Labute approximate surface area is 109 Å². The summed E-state index contributed by atoms with van der Waals surface area (Å²) in [5, 5.41) is 20.4. The molecule has 0 heterocycles. The van der Waals surface area contributed by atoms with Crippen LogP contribution >= 0.6 is 0 Å². The molecule has 1 rings (SSSR count). The smallest absolute Gasteiger partial charge is 0.354 e. The van der Waals surface area contributed by atoms with E-state index in [1.165, 1.54) is 0 Å². The van der Waals surface area contributed by atoms with E-state index in [-0.39, 0.29) is 6.61 Å². The van der Waals surface area contributed by atoms with Crippen molar-refractivity contribution in [3.05, 3.63) is 42.0 Å². The van der Waals surface area contributed by atoms with E-state index in [2.05, 4.69) is 5.16 Å². The van der Waals surface area contributed by atoms with Gasteiger partial charge in [-0.15, -0.1) is 0 Å². The first-order valence-electron chi connectivity index (χ1n) is 5.45. The van der Waals surface area contributed by atoms with Gasteiger partial charge in [-0.25, -0.2) is 4.79 Å². The maximum Gasteiger partial charge on any atom is 0.354 e. The van der Waals surface area contributed by atoms with Crippen LogP contribution in [0.5, 0.6) is 0 Å². The number of oxime groups is 1. The Kier molecular flexibility index (Phi) is 5.81. The molecule has 6 heteroatoms. The van der Waals surface area contributed by atoms with Crippen molar-refractivity contribution in [3.8, 4) is 0 Å². The van der Waals surface area contributed by atoms with Crippen molar-refractivity contribution in [1.29, 1.82) is 0 Å². The van der Waals surface area contributed by atoms with Crippen molar-refractivity contribution in [2.75, 3.05) is 6.61 Å². The van der Waals surface area contributed by atoms with E-state index in [1.54, 1.807) is 12.2 Å². The molecule has 0 aliphatic rings. The Balaban J connectivity index is 2.45. The van der Waals surface area contributed by atoms with E-state index in [1.807, 2.05) is 30.3 Å². The molecule has 0 unspecified atom stereocenters. The first-order chi connectivity index (χ1) is 9.09. The second-order valence-corrected chi connectivity index (χ2v) is 3.52. The Morgan fingerprint density at radius 2 is 1.89 bits per heavy atom. The lowest BCUT2D eigenvalue weighted by Crippen LogP contribution is -2.17. The van der Waals surface area contributed by atoms with E-state index in [0.717, 1.165) is 5.56 Å². The molecule has 0 saturated heterocycles. The molecular weight excluding hydrogens is 250 g/mol. The average molecular weight is 263 g/mol. The molecule has 0 bridgehead atoms. The van der Waals surface area contributed by atoms with E-state index in [4.69, 9.17) is 15.1 Å². The highest BCUT2D eigenvalue weighted by Gasteiger charge is 2.14. The number of aliphatic carboxylic acids is 2. The molecule has 0 spiro atoms. The minimum Gasteiger partial charge on any atom is -0.481 e. The third-order valence-electron chi connectivity index (χ3n) is 2.02.